The van der Waals surface area contributed by atoms with Gasteiger partial charge in [0.1, 0.15) is 11.6 Å². The van der Waals surface area contributed by atoms with Gasteiger partial charge in [-0.1, -0.05) is 6.07 Å². The Morgan fingerprint density at radius 1 is 0.972 bits per heavy atom. The molecule has 5 rings (SSSR count). The fourth-order valence-corrected chi connectivity index (χ4v) is 3.80. The minimum atomic E-state index is -0.605. The van der Waals surface area contributed by atoms with Crippen LogP contribution in [0.4, 0.5) is 25.0 Å². The van der Waals surface area contributed by atoms with Crippen LogP contribution in [0.25, 0.3) is 11.0 Å². The van der Waals surface area contributed by atoms with E-state index in [-0.39, 0.29) is 11.4 Å². The molecule has 0 bridgehead atoms. The number of hydrogen-bond acceptors (Lipinski definition) is 6. The second kappa shape index (κ2) is 10.6. The molecule has 0 atom stereocenters. The number of aromatic nitrogens is 2. The summed E-state index contributed by atoms with van der Waals surface area (Å²) in [5.74, 6) is -0.771. The molecule has 2 amide bonds. The third kappa shape index (κ3) is 5.91. The molecular weight excluding hydrogens is 468 g/mol. The molecule has 0 radical (unpaired) electrons. The zero-order valence-electron chi connectivity index (χ0n) is 19.2. The van der Waals surface area contributed by atoms with E-state index in [9.17, 15) is 13.6 Å². The van der Waals surface area contributed by atoms with E-state index in [0.29, 0.717) is 42.2 Å². The summed E-state index contributed by atoms with van der Waals surface area (Å²) >= 11 is 0. The van der Waals surface area contributed by atoms with E-state index >= 15 is 0 Å². The fraction of sp³-hybridized carbons (Fsp3) is 0.192. The topological polar surface area (TPSA) is 88.6 Å². The molecule has 36 heavy (non-hydrogen) atoms. The summed E-state index contributed by atoms with van der Waals surface area (Å²) in [7, 11) is 0. The Morgan fingerprint density at radius 3 is 2.58 bits per heavy atom. The molecule has 2 N–H and O–H groups in total. The number of halogens is 2. The molecule has 2 heterocycles. The predicted octanol–water partition coefficient (Wildman–Crippen LogP) is 5.18. The van der Waals surface area contributed by atoms with Gasteiger partial charge < -0.3 is 20.1 Å². The van der Waals surface area contributed by atoms with Gasteiger partial charge in [0.15, 0.2) is 11.6 Å². The van der Waals surface area contributed by atoms with Crippen molar-refractivity contribution in [1.29, 1.82) is 0 Å². The van der Waals surface area contributed by atoms with Gasteiger partial charge in [0.05, 0.1) is 36.1 Å². The first-order valence-electron chi connectivity index (χ1n) is 11.4. The third-order valence-corrected chi connectivity index (χ3v) is 5.55. The Kier molecular flexibility index (Phi) is 6.96. The van der Waals surface area contributed by atoms with Gasteiger partial charge in [-0.15, -0.1) is 0 Å². The second-order valence-corrected chi connectivity index (χ2v) is 8.24. The number of ether oxygens (including phenoxy) is 2. The molecular formula is C26H23F2N5O3. The maximum absolute atomic E-state index is 14.5. The summed E-state index contributed by atoms with van der Waals surface area (Å²) in [6.45, 7) is 3.74. The SMILES string of the molecule is O=C(Nc1cccc(F)c1)Nc1ccc(F)c(Oc2ccc3ncc(CN4CCOCC4)nc3c2)c1. The summed E-state index contributed by atoms with van der Waals surface area (Å²) in [4.78, 5) is 23.7. The highest BCUT2D eigenvalue weighted by Crippen LogP contribution is 2.29. The molecule has 0 spiro atoms. The van der Waals surface area contributed by atoms with Crippen molar-refractivity contribution in [3.05, 3.63) is 84.2 Å². The molecule has 0 saturated carbocycles. The smallest absolute Gasteiger partial charge is 0.323 e. The van der Waals surface area contributed by atoms with Gasteiger partial charge >= 0.3 is 6.03 Å². The minimum Gasteiger partial charge on any atom is -0.454 e. The van der Waals surface area contributed by atoms with Crippen molar-refractivity contribution in [1.82, 2.24) is 14.9 Å². The van der Waals surface area contributed by atoms with Crippen LogP contribution in [0.1, 0.15) is 5.69 Å². The van der Waals surface area contributed by atoms with Gasteiger partial charge in [-0.25, -0.2) is 18.6 Å². The summed E-state index contributed by atoms with van der Waals surface area (Å²) in [5.41, 5.74) is 2.73. The molecule has 1 aromatic heterocycles. The van der Waals surface area contributed by atoms with Crippen LogP contribution in [-0.4, -0.2) is 47.2 Å². The Hall–Kier alpha value is -4.15. The maximum atomic E-state index is 14.5. The Labute approximate surface area is 205 Å². The average Bonchev–Trinajstić information content (AvgIpc) is 2.86. The van der Waals surface area contributed by atoms with E-state index in [1.807, 2.05) is 0 Å². The van der Waals surface area contributed by atoms with E-state index in [1.165, 1.54) is 36.4 Å². The molecule has 1 aliphatic rings. The van der Waals surface area contributed by atoms with Crippen LogP contribution in [-0.2, 0) is 11.3 Å². The minimum absolute atomic E-state index is 0.0738. The highest BCUT2D eigenvalue weighted by atomic mass is 19.1. The first-order chi connectivity index (χ1) is 17.5. The number of nitrogens with one attached hydrogen (secondary N) is 2. The van der Waals surface area contributed by atoms with Crippen molar-refractivity contribution >= 4 is 28.4 Å². The normalized spacial score (nSPS) is 13.9. The van der Waals surface area contributed by atoms with Gasteiger partial charge in [-0.2, -0.15) is 0 Å². The fourth-order valence-electron chi connectivity index (χ4n) is 3.80. The van der Waals surface area contributed by atoms with Gasteiger partial charge in [0, 0.05) is 43.1 Å². The Bertz CT molecular complexity index is 1400. The molecule has 0 unspecified atom stereocenters. The molecule has 1 fully saturated rings. The van der Waals surface area contributed by atoms with Crippen LogP contribution >= 0.6 is 0 Å². The van der Waals surface area contributed by atoms with Crippen molar-refractivity contribution in [2.24, 2.45) is 0 Å². The molecule has 1 aliphatic heterocycles. The zero-order chi connectivity index (χ0) is 24.9. The average molecular weight is 491 g/mol. The molecule has 184 valence electrons. The molecule has 8 nitrogen and oxygen atoms in total. The summed E-state index contributed by atoms with van der Waals surface area (Å²) in [6, 6.07) is 14.0. The van der Waals surface area contributed by atoms with E-state index < -0.39 is 17.7 Å². The first kappa shape index (κ1) is 23.6. The first-order valence-corrected chi connectivity index (χ1v) is 11.4. The number of amides is 2. The van der Waals surface area contributed by atoms with E-state index in [4.69, 9.17) is 9.47 Å². The monoisotopic (exact) mass is 491 g/mol. The lowest BCUT2D eigenvalue weighted by Gasteiger charge is -2.26. The third-order valence-electron chi connectivity index (χ3n) is 5.55. The number of morpholine rings is 1. The van der Waals surface area contributed by atoms with Gasteiger partial charge in [-0.05, 0) is 42.5 Å². The summed E-state index contributed by atoms with van der Waals surface area (Å²) in [5, 5.41) is 5.10. The summed E-state index contributed by atoms with van der Waals surface area (Å²) in [6.07, 6.45) is 1.75. The predicted molar refractivity (Wildman–Crippen MR) is 131 cm³/mol. The zero-order valence-corrected chi connectivity index (χ0v) is 19.2. The lowest BCUT2D eigenvalue weighted by molar-refractivity contribution is 0.0336. The maximum Gasteiger partial charge on any atom is 0.323 e. The second-order valence-electron chi connectivity index (χ2n) is 8.24. The number of rotatable bonds is 6. The van der Waals surface area contributed by atoms with E-state index in [1.54, 1.807) is 30.5 Å². The number of carbonyl (C=O) groups excluding carboxylic acids is 1. The van der Waals surface area contributed by atoms with Crippen LogP contribution in [0.2, 0.25) is 0 Å². The molecule has 0 aliphatic carbocycles. The van der Waals surface area contributed by atoms with E-state index in [2.05, 4.69) is 25.5 Å². The van der Waals surface area contributed by atoms with Crippen molar-refractivity contribution < 1.29 is 23.0 Å². The molecule has 1 saturated heterocycles. The lowest BCUT2D eigenvalue weighted by atomic mass is 10.2. The number of nitrogens with zero attached hydrogens (tertiary/aromatic N) is 3. The number of urea groups is 1. The number of fused-ring (bicyclic) bond motifs is 1. The molecule has 4 aromatic rings. The van der Waals surface area contributed by atoms with Crippen molar-refractivity contribution in [3.63, 3.8) is 0 Å². The highest BCUT2D eigenvalue weighted by molar-refractivity contribution is 5.99. The van der Waals surface area contributed by atoms with Crippen molar-refractivity contribution in [2.75, 3.05) is 36.9 Å². The van der Waals surface area contributed by atoms with Gasteiger partial charge in [0.25, 0.3) is 0 Å². The Balaban J connectivity index is 1.29. The standard InChI is InChI=1S/C26H23F2N5O3/c27-17-2-1-3-18(12-17)31-26(34)32-19-4-6-22(28)25(13-19)36-21-5-7-23-24(14-21)30-20(15-29-23)16-33-8-10-35-11-9-33/h1-7,12-15H,8-11,16H2,(H2,31,32,34). The van der Waals surface area contributed by atoms with Crippen LogP contribution in [0.5, 0.6) is 11.5 Å². The van der Waals surface area contributed by atoms with Crippen LogP contribution in [0.3, 0.4) is 0 Å². The van der Waals surface area contributed by atoms with Gasteiger partial charge in [-0.3, -0.25) is 9.88 Å². The van der Waals surface area contributed by atoms with Crippen molar-refractivity contribution in [3.8, 4) is 11.5 Å². The lowest BCUT2D eigenvalue weighted by Crippen LogP contribution is -2.35. The largest absolute Gasteiger partial charge is 0.454 e. The van der Waals surface area contributed by atoms with Crippen molar-refractivity contribution in [2.45, 2.75) is 6.54 Å². The van der Waals surface area contributed by atoms with Crippen LogP contribution < -0.4 is 15.4 Å². The van der Waals surface area contributed by atoms with Gasteiger partial charge in [0.2, 0.25) is 0 Å². The quantitative estimate of drug-likeness (QED) is 0.387. The number of hydrogen-bond donors (Lipinski definition) is 2. The molecule has 10 heteroatoms. The highest BCUT2D eigenvalue weighted by Gasteiger charge is 2.13. The molecule has 3 aromatic carbocycles. The van der Waals surface area contributed by atoms with Crippen LogP contribution in [0, 0.1) is 11.6 Å². The van der Waals surface area contributed by atoms with E-state index in [0.717, 1.165) is 18.8 Å². The number of anilines is 2. The van der Waals surface area contributed by atoms with Crippen LogP contribution in [0.15, 0.2) is 66.9 Å². The number of carbonyl (C=O) groups is 1. The Morgan fingerprint density at radius 2 is 1.78 bits per heavy atom. The number of benzene rings is 3. The summed E-state index contributed by atoms with van der Waals surface area (Å²) < 4.78 is 39.0.